The molecule has 134 valence electrons. The lowest BCUT2D eigenvalue weighted by Gasteiger charge is -2.14. The molecule has 1 fully saturated rings. The lowest BCUT2D eigenvalue weighted by molar-refractivity contribution is 0.331. The molecule has 1 N–H and O–H groups in total. The second-order valence-corrected chi connectivity index (χ2v) is 8.69. The minimum atomic E-state index is -3.43. The summed E-state index contributed by atoms with van der Waals surface area (Å²) in [5.41, 5.74) is 2.83. The van der Waals surface area contributed by atoms with Gasteiger partial charge in [0.25, 0.3) is 0 Å². The van der Waals surface area contributed by atoms with E-state index in [0.717, 1.165) is 12.1 Å². The number of nitrogens with one attached hydrogen (secondary N) is 1. The van der Waals surface area contributed by atoms with E-state index in [1.165, 1.54) is 31.5 Å². The van der Waals surface area contributed by atoms with E-state index < -0.39 is 10.0 Å². The van der Waals surface area contributed by atoms with Crippen molar-refractivity contribution >= 4 is 21.6 Å². The number of hydrogen-bond acceptors (Lipinski definition) is 3. The maximum absolute atomic E-state index is 12.2. The Balaban J connectivity index is 1.54. The Morgan fingerprint density at radius 2 is 1.60 bits per heavy atom. The van der Waals surface area contributed by atoms with Gasteiger partial charge in [0, 0.05) is 18.1 Å². The van der Waals surface area contributed by atoms with Gasteiger partial charge in [0.2, 0.25) is 10.0 Å². The van der Waals surface area contributed by atoms with Crippen LogP contribution in [0.4, 0.5) is 0 Å². The van der Waals surface area contributed by atoms with Gasteiger partial charge >= 0.3 is 0 Å². The van der Waals surface area contributed by atoms with E-state index in [9.17, 15) is 8.42 Å². The zero-order chi connectivity index (χ0) is 17.7. The SMILES string of the molecule is O=S(=O)(Cc1ccccc1Cl)NCc1ccc(CN2CCCC2)cc1. The van der Waals surface area contributed by atoms with Crippen LogP contribution in [0.25, 0.3) is 0 Å². The number of halogens is 1. The van der Waals surface area contributed by atoms with E-state index in [1.54, 1.807) is 24.3 Å². The van der Waals surface area contributed by atoms with Gasteiger partial charge in [0.05, 0.1) is 5.75 Å². The first-order chi connectivity index (χ1) is 12.0. The summed E-state index contributed by atoms with van der Waals surface area (Å²) in [6.07, 6.45) is 2.57. The van der Waals surface area contributed by atoms with Crippen molar-refractivity contribution in [3.05, 3.63) is 70.2 Å². The van der Waals surface area contributed by atoms with Gasteiger partial charge in [0.1, 0.15) is 0 Å². The Hall–Kier alpha value is -1.40. The fourth-order valence-corrected chi connectivity index (χ4v) is 4.46. The van der Waals surface area contributed by atoms with Crippen molar-refractivity contribution in [3.8, 4) is 0 Å². The van der Waals surface area contributed by atoms with E-state index in [0.29, 0.717) is 10.6 Å². The summed E-state index contributed by atoms with van der Waals surface area (Å²) in [5.74, 6) is -0.111. The van der Waals surface area contributed by atoms with E-state index >= 15 is 0 Å². The zero-order valence-corrected chi connectivity index (χ0v) is 15.7. The average molecular weight is 379 g/mol. The fourth-order valence-electron chi connectivity index (χ4n) is 3.03. The van der Waals surface area contributed by atoms with E-state index in [4.69, 9.17) is 11.6 Å². The van der Waals surface area contributed by atoms with Crippen molar-refractivity contribution in [3.63, 3.8) is 0 Å². The van der Waals surface area contributed by atoms with Crippen molar-refractivity contribution in [2.24, 2.45) is 0 Å². The molecule has 2 aromatic carbocycles. The van der Waals surface area contributed by atoms with Gasteiger partial charge < -0.3 is 0 Å². The lowest BCUT2D eigenvalue weighted by Crippen LogP contribution is -2.24. The molecule has 25 heavy (non-hydrogen) atoms. The fraction of sp³-hybridized carbons (Fsp3) is 0.368. The highest BCUT2D eigenvalue weighted by molar-refractivity contribution is 7.88. The highest BCUT2D eigenvalue weighted by Crippen LogP contribution is 2.17. The third-order valence-electron chi connectivity index (χ3n) is 4.43. The molecule has 1 saturated heterocycles. The molecule has 1 heterocycles. The summed E-state index contributed by atoms with van der Waals surface area (Å²) in [5, 5.41) is 0.471. The molecule has 2 aromatic rings. The zero-order valence-electron chi connectivity index (χ0n) is 14.1. The second-order valence-electron chi connectivity index (χ2n) is 6.47. The molecular weight excluding hydrogens is 356 g/mol. The summed E-state index contributed by atoms with van der Waals surface area (Å²) in [6, 6.07) is 15.1. The summed E-state index contributed by atoms with van der Waals surface area (Å²) in [4.78, 5) is 2.45. The predicted molar refractivity (Wildman–Crippen MR) is 102 cm³/mol. The Morgan fingerprint density at radius 1 is 0.960 bits per heavy atom. The largest absolute Gasteiger partial charge is 0.299 e. The molecule has 0 bridgehead atoms. The normalized spacial score (nSPS) is 15.6. The molecule has 0 atom stereocenters. The first-order valence-corrected chi connectivity index (χ1v) is 10.6. The number of likely N-dealkylation sites (tertiary alicyclic amines) is 1. The van der Waals surface area contributed by atoms with Crippen molar-refractivity contribution in [1.29, 1.82) is 0 Å². The molecule has 6 heteroatoms. The van der Waals surface area contributed by atoms with Crippen LogP contribution in [0.3, 0.4) is 0 Å². The van der Waals surface area contributed by atoms with Gasteiger partial charge in [-0.05, 0) is 48.7 Å². The van der Waals surface area contributed by atoms with Gasteiger partial charge in [-0.1, -0.05) is 54.1 Å². The minimum absolute atomic E-state index is 0.111. The molecule has 0 unspecified atom stereocenters. The van der Waals surface area contributed by atoms with Crippen molar-refractivity contribution < 1.29 is 8.42 Å². The summed E-state index contributed by atoms with van der Waals surface area (Å²) >= 11 is 6.04. The van der Waals surface area contributed by atoms with Crippen LogP contribution in [0.5, 0.6) is 0 Å². The van der Waals surface area contributed by atoms with E-state index in [1.807, 2.05) is 12.1 Å². The Bertz CT molecular complexity index is 800. The third kappa shape index (κ3) is 5.54. The van der Waals surface area contributed by atoms with Crippen LogP contribution >= 0.6 is 11.6 Å². The summed E-state index contributed by atoms with van der Waals surface area (Å²) in [6.45, 7) is 3.60. The summed E-state index contributed by atoms with van der Waals surface area (Å²) in [7, 11) is -3.43. The first-order valence-electron chi connectivity index (χ1n) is 8.53. The first kappa shape index (κ1) is 18.4. The maximum atomic E-state index is 12.2. The molecule has 4 nitrogen and oxygen atoms in total. The topological polar surface area (TPSA) is 49.4 Å². The van der Waals surface area contributed by atoms with E-state index in [2.05, 4.69) is 21.8 Å². The second kappa shape index (κ2) is 8.32. The number of sulfonamides is 1. The molecule has 0 spiro atoms. The minimum Gasteiger partial charge on any atom is -0.299 e. The smallest absolute Gasteiger partial charge is 0.216 e. The van der Waals surface area contributed by atoms with Crippen LogP contribution in [0.2, 0.25) is 5.02 Å². The lowest BCUT2D eigenvalue weighted by atomic mass is 10.1. The molecule has 1 aliphatic rings. The van der Waals surface area contributed by atoms with Crippen LogP contribution in [0.15, 0.2) is 48.5 Å². The van der Waals surface area contributed by atoms with Crippen LogP contribution in [0.1, 0.15) is 29.5 Å². The molecule has 0 amide bonds. The Morgan fingerprint density at radius 3 is 2.28 bits per heavy atom. The van der Waals surface area contributed by atoms with Crippen LogP contribution in [-0.4, -0.2) is 26.4 Å². The third-order valence-corrected chi connectivity index (χ3v) is 6.07. The van der Waals surface area contributed by atoms with E-state index in [-0.39, 0.29) is 12.3 Å². The maximum Gasteiger partial charge on any atom is 0.216 e. The molecule has 0 saturated carbocycles. The Labute approximate surface area is 154 Å². The van der Waals surface area contributed by atoms with Crippen LogP contribution in [0, 0.1) is 0 Å². The number of hydrogen-bond donors (Lipinski definition) is 1. The average Bonchev–Trinajstić information content (AvgIpc) is 3.09. The highest BCUT2D eigenvalue weighted by Gasteiger charge is 2.14. The quantitative estimate of drug-likeness (QED) is 0.801. The van der Waals surface area contributed by atoms with Crippen molar-refractivity contribution in [2.45, 2.75) is 31.7 Å². The Kier molecular flexibility index (Phi) is 6.12. The molecular formula is C19H23ClN2O2S. The number of nitrogens with zero attached hydrogens (tertiary/aromatic N) is 1. The predicted octanol–water partition coefficient (Wildman–Crippen LogP) is 3.56. The van der Waals surface area contributed by atoms with Gasteiger partial charge in [-0.15, -0.1) is 0 Å². The van der Waals surface area contributed by atoms with Crippen LogP contribution in [-0.2, 0) is 28.9 Å². The molecule has 1 aliphatic heterocycles. The summed E-state index contributed by atoms with van der Waals surface area (Å²) < 4.78 is 27.1. The number of rotatable bonds is 7. The molecule has 3 rings (SSSR count). The van der Waals surface area contributed by atoms with Gasteiger partial charge in [0.15, 0.2) is 0 Å². The molecule has 0 radical (unpaired) electrons. The number of benzene rings is 2. The molecule has 0 aliphatic carbocycles. The van der Waals surface area contributed by atoms with Crippen molar-refractivity contribution in [1.82, 2.24) is 9.62 Å². The van der Waals surface area contributed by atoms with Gasteiger partial charge in [-0.25, -0.2) is 13.1 Å². The van der Waals surface area contributed by atoms with Gasteiger partial charge in [-0.3, -0.25) is 4.90 Å². The monoisotopic (exact) mass is 378 g/mol. The molecule has 0 aromatic heterocycles. The van der Waals surface area contributed by atoms with Crippen LogP contribution < -0.4 is 4.72 Å². The van der Waals surface area contributed by atoms with Crippen molar-refractivity contribution in [2.75, 3.05) is 13.1 Å². The highest BCUT2D eigenvalue weighted by atomic mass is 35.5. The standard InChI is InChI=1S/C19H23ClN2O2S/c20-19-6-2-1-5-18(19)15-25(23,24)21-13-16-7-9-17(10-8-16)14-22-11-3-4-12-22/h1-2,5-10,21H,3-4,11-15H2. The van der Waals surface area contributed by atoms with Gasteiger partial charge in [-0.2, -0.15) is 0 Å².